The Balaban J connectivity index is 2.48. The predicted molar refractivity (Wildman–Crippen MR) is 170 cm³/mol. The number of benzene rings is 3. The molecule has 0 aliphatic rings. The Hall–Kier alpha value is -3.44. The van der Waals surface area contributed by atoms with E-state index in [1.807, 2.05) is 34.6 Å². The van der Waals surface area contributed by atoms with Crippen LogP contribution in [0, 0.1) is 41.5 Å². The summed E-state index contributed by atoms with van der Waals surface area (Å²) in [4.78, 5) is 26.2. The van der Waals surface area contributed by atoms with Gasteiger partial charge in [-0.1, -0.05) is 56.2 Å². The minimum atomic E-state index is -1.23. The molecule has 41 heavy (non-hydrogen) atoms. The highest BCUT2D eigenvalue weighted by molar-refractivity contribution is 6.01. The van der Waals surface area contributed by atoms with Crippen LogP contribution in [0.5, 0.6) is 0 Å². The first-order chi connectivity index (χ1) is 19.2. The van der Waals surface area contributed by atoms with Gasteiger partial charge < -0.3 is 15.2 Å². The number of carbonyl (C=O) groups excluding carboxylic acids is 1. The summed E-state index contributed by atoms with van der Waals surface area (Å²) in [5.41, 5.74) is 10.4. The van der Waals surface area contributed by atoms with Gasteiger partial charge in [0, 0.05) is 17.5 Å². The number of carbonyl (C=O) groups is 2. The van der Waals surface area contributed by atoms with Crippen molar-refractivity contribution < 1.29 is 19.4 Å². The normalized spacial score (nSPS) is 12.3. The fourth-order valence-electron chi connectivity index (χ4n) is 5.36. The highest BCUT2D eigenvalue weighted by atomic mass is 16.5. The third-order valence-corrected chi connectivity index (χ3v) is 7.87. The molecule has 1 atom stereocenters. The molecule has 0 saturated carbocycles. The zero-order valence-electron chi connectivity index (χ0n) is 26.5. The first-order valence-corrected chi connectivity index (χ1v) is 14.7. The van der Waals surface area contributed by atoms with Gasteiger partial charge in [0.05, 0.1) is 11.3 Å². The van der Waals surface area contributed by atoms with Gasteiger partial charge in [-0.2, -0.15) is 0 Å². The van der Waals surface area contributed by atoms with Crippen molar-refractivity contribution in [2.45, 2.75) is 107 Å². The van der Waals surface area contributed by atoms with Gasteiger partial charge in [-0.25, -0.2) is 4.79 Å². The van der Waals surface area contributed by atoms with Crippen LogP contribution in [0.4, 0.5) is 5.69 Å². The molecule has 0 spiro atoms. The number of carboxylic acids is 1. The quantitative estimate of drug-likeness (QED) is 0.244. The predicted octanol–water partition coefficient (Wildman–Crippen LogP) is 9.33. The molecule has 5 heteroatoms. The lowest BCUT2D eigenvalue weighted by Crippen LogP contribution is -2.29. The first-order valence-electron chi connectivity index (χ1n) is 14.7. The molecule has 0 aliphatic heterocycles. The number of hydrogen-bond acceptors (Lipinski definition) is 3. The molecule has 3 rings (SSSR count). The third-order valence-electron chi connectivity index (χ3n) is 7.87. The molecule has 1 unspecified atom stereocenters. The Morgan fingerprint density at radius 2 is 1.34 bits per heavy atom. The molecule has 0 radical (unpaired) electrons. The van der Waals surface area contributed by atoms with Gasteiger partial charge in [0.2, 0.25) is 5.91 Å². The van der Waals surface area contributed by atoms with E-state index in [1.54, 1.807) is 0 Å². The second kappa shape index (κ2) is 13.0. The maximum Gasteiger partial charge on any atom is 0.337 e. The van der Waals surface area contributed by atoms with Crippen LogP contribution in [-0.2, 0) is 14.3 Å². The summed E-state index contributed by atoms with van der Waals surface area (Å²) in [5.74, 6) is -1.13. The van der Waals surface area contributed by atoms with Crippen molar-refractivity contribution in [3.63, 3.8) is 0 Å². The van der Waals surface area contributed by atoms with E-state index in [0.29, 0.717) is 23.2 Å². The molecule has 0 aromatic heterocycles. The van der Waals surface area contributed by atoms with Gasteiger partial charge in [0.25, 0.3) is 0 Å². The number of ether oxygens (including phenoxy) is 1. The Morgan fingerprint density at radius 1 is 0.805 bits per heavy atom. The van der Waals surface area contributed by atoms with Crippen molar-refractivity contribution in [3.8, 4) is 22.3 Å². The summed E-state index contributed by atoms with van der Waals surface area (Å²) in [5, 5.41) is 13.8. The van der Waals surface area contributed by atoms with Crippen LogP contribution in [0.2, 0.25) is 0 Å². The van der Waals surface area contributed by atoms with Crippen LogP contribution in [-0.4, -0.2) is 22.6 Å². The Labute approximate surface area is 246 Å². The van der Waals surface area contributed by atoms with Crippen molar-refractivity contribution >= 4 is 17.6 Å². The van der Waals surface area contributed by atoms with Gasteiger partial charge in [0.1, 0.15) is 0 Å². The number of anilines is 1. The molecule has 1 amide bonds. The van der Waals surface area contributed by atoms with Crippen LogP contribution in [0.25, 0.3) is 22.3 Å². The van der Waals surface area contributed by atoms with E-state index in [0.717, 1.165) is 63.8 Å². The van der Waals surface area contributed by atoms with E-state index in [9.17, 15) is 14.7 Å². The number of nitrogens with one attached hydrogen (secondary N) is 1. The van der Waals surface area contributed by atoms with Crippen LogP contribution in [0.1, 0.15) is 98.4 Å². The van der Waals surface area contributed by atoms with Crippen LogP contribution < -0.4 is 5.32 Å². The second-order valence-electron chi connectivity index (χ2n) is 12.3. The third kappa shape index (κ3) is 7.45. The number of carboxylic acid groups (broad SMARTS) is 1. The largest absolute Gasteiger partial charge is 0.479 e. The second-order valence-corrected chi connectivity index (χ2v) is 12.3. The number of amides is 1. The maximum atomic E-state index is 13.3. The summed E-state index contributed by atoms with van der Waals surface area (Å²) in [6.07, 6.45) is 1.99. The van der Waals surface area contributed by atoms with Gasteiger partial charge in [-0.15, -0.1) is 0 Å². The van der Waals surface area contributed by atoms with Crippen LogP contribution >= 0.6 is 0 Å². The average molecular weight is 558 g/mol. The molecule has 3 aromatic carbocycles. The summed E-state index contributed by atoms with van der Waals surface area (Å²) in [7, 11) is 0. The van der Waals surface area contributed by atoms with Crippen LogP contribution in [0.3, 0.4) is 0 Å². The molecule has 2 N–H and O–H groups in total. The standard InChI is InChI=1S/C36H47NO4/c1-11-12-13-14-29(38)37-33-26(7)32(34(35(39)40)41-36(8,9)10)30(27-17-15-21(2)23(4)19-27)25(6)31(33)28-18-16-22(3)24(5)20-28/h15-20,34H,11-14H2,1-10H3,(H,37,38)(H,39,40). The molecule has 0 saturated heterocycles. The zero-order chi connectivity index (χ0) is 30.6. The zero-order valence-corrected chi connectivity index (χ0v) is 26.5. The van der Waals surface area contributed by atoms with Crippen molar-refractivity contribution in [1.82, 2.24) is 0 Å². The molecule has 220 valence electrons. The highest BCUT2D eigenvalue weighted by Gasteiger charge is 2.34. The lowest BCUT2D eigenvalue weighted by molar-refractivity contribution is -0.160. The maximum absolute atomic E-state index is 13.3. The Bertz CT molecular complexity index is 1450. The Morgan fingerprint density at radius 3 is 1.80 bits per heavy atom. The first kappa shape index (κ1) is 32.1. The molecule has 3 aromatic rings. The topological polar surface area (TPSA) is 75.6 Å². The molecular weight excluding hydrogens is 510 g/mol. The smallest absolute Gasteiger partial charge is 0.337 e. The fourth-order valence-corrected chi connectivity index (χ4v) is 5.36. The lowest BCUT2D eigenvalue weighted by Gasteiger charge is -2.31. The summed E-state index contributed by atoms with van der Waals surface area (Å²) in [6, 6.07) is 12.6. The highest BCUT2D eigenvalue weighted by Crippen LogP contribution is 2.47. The molecular formula is C36H47NO4. The van der Waals surface area contributed by atoms with Crippen molar-refractivity contribution in [3.05, 3.63) is 75.3 Å². The number of hydrogen-bond donors (Lipinski definition) is 2. The van der Waals surface area contributed by atoms with Crippen molar-refractivity contribution in [1.29, 1.82) is 0 Å². The van der Waals surface area contributed by atoms with Gasteiger partial charge in [0.15, 0.2) is 6.10 Å². The van der Waals surface area contributed by atoms with E-state index in [1.165, 1.54) is 5.56 Å². The van der Waals surface area contributed by atoms with Gasteiger partial charge >= 0.3 is 5.97 Å². The molecule has 5 nitrogen and oxygen atoms in total. The van der Waals surface area contributed by atoms with Gasteiger partial charge in [-0.3, -0.25) is 4.79 Å². The van der Waals surface area contributed by atoms with Crippen molar-refractivity contribution in [2.24, 2.45) is 0 Å². The van der Waals surface area contributed by atoms with E-state index in [4.69, 9.17) is 4.74 Å². The molecule has 0 aliphatic carbocycles. The minimum absolute atomic E-state index is 0.0699. The monoisotopic (exact) mass is 557 g/mol. The summed E-state index contributed by atoms with van der Waals surface area (Å²) in [6.45, 7) is 19.9. The molecule has 0 fully saturated rings. The van der Waals surface area contributed by atoms with Crippen LogP contribution in [0.15, 0.2) is 36.4 Å². The van der Waals surface area contributed by atoms with E-state index >= 15 is 0 Å². The van der Waals surface area contributed by atoms with Crippen molar-refractivity contribution in [2.75, 3.05) is 5.32 Å². The van der Waals surface area contributed by atoms with E-state index < -0.39 is 17.7 Å². The van der Waals surface area contributed by atoms with E-state index in [-0.39, 0.29) is 5.91 Å². The number of rotatable bonds is 10. The summed E-state index contributed by atoms with van der Waals surface area (Å²) >= 11 is 0. The molecule has 0 bridgehead atoms. The van der Waals surface area contributed by atoms with E-state index in [2.05, 4.69) is 76.3 Å². The summed E-state index contributed by atoms with van der Waals surface area (Å²) < 4.78 is 6.24. The lowest BCUT2D eigenvalue weighted by atomic mass is 9.81. The number of unbranched alkanes of at least 4 members (excludes halogenated alkanes) is 2. The van der Waals surface area contributed by atoms with Gasteiger partial charge in [-0.05, 0) is 119 Å². The fraction of sp³-hybridized carbons (Fsp3) is 0.444. The number of aliphatic carboxylic acids is 1. The number of aryl methyl sites for hydroxylation is 4. The Kier molecular flexibility index (Phi) is 10.2. The average Bonchev–Trinajstić information content (AvgIpc) is 2.88. The molecule has 0 heterocycles. The SMILES string of the molecule is CCCCCC(=O)Nc1c(C)c(C(OC(C)(C)C)C(=O)O)c(-c2ccc(C)c(C)c2)c(C)c1-c1ccc(C)c(C)c1. The minimum Gasteiger partial charge on any atom is -0.479 e.